The first kappa shape index (κ1) is 15.4. The van der Waals surface area contributed by atoms with Crippen molar-refractivity contribution in [2.45, 2.75) is 12.6 Å². The van der Waals surface area contributed by atoms with Gasteiger partial charge in [-0.3, -0.25) is 4.79 Å². The number of hydrogen-bond donors (Lipinski definition) is 2. The lowest BCUT2D eigenvalue weighted by Gasteiger charge is -2.34. The quantitative estimate of drug-likeness (QED) is 0.460. The summed E-state index contributed by atoms with van der Waals surface area (Å²) in [6, 6.07) is 9.76. The van der Waals surface area contributed by atoms with E-state index < -0.39 is 0 Å². The van der Waals surface area contributed by atoms with E-state index in [9.17, 15) is 4.79 Å². The average Bonchev–Trinajstić information content (AvgIpc) is 2.36. The van der Waals surface area contributed by atoms with Crippen molar-refractivity contribution < 1.29 is 9.28 Å². The second-order valence-electron chi connectivity index (χ2n) is 5.46. The molecule has 104 valence electrons. The average molecular weight is 262 g/mol. The Bertz CT molecular complexity index is 421. The maximum atomic E-state index is 11.9. The van der Waals surface area contributed by atoms with Crippen molar-refractivity contribution in [1.29, 1.82) is 0 Å². The van der Waals surface area contributed by atoms with Crippen LogP contribution in [0.5, 0.6) is 0 Å². The standard InChI is InChI=1S/C15H23N3O/c1-18(2,3)14(11-12-16)17-15(19)10-9-13-7-5-4-6-8-13/h4-10,14H,11-12,16H2,1-3H3/p+1. The summed E-state index contributed by atoms with van der Waals surface area (Å²) in [5.74, 6) is -0.0876. The minimum atomic E-state index is -0.0876. The van der Waals surface area contributed by atoms with Crippen LogP contribution >= 0.6 is 0 Å². The first-order chi connectivity index (χ1) is 8.93. The molecule has 3 N–H and O–H groups in total. The van der Waals surface area contributed by atoms with Crippen molar-refractivity contribution in [3.8, 4) is 0 Å². The predicted molar refractivity (Wildman–Crippen MR) is 79.1 cm³/mol. The highest BCUT2D eigenvalue weighted by atomic mass is 16.1. The number of carbonyl (C=O) groups excluding carboxylic acids is 1. The highest BCUT2D eigenvalue weighted by Gasteiger charge is 2.23. The van der Waals surface area contributed by atoms with E-state index in [0.717, 1.165) is 12.0 Å². The van der Waals surface area contributed by atoms with E-state index in [1.807, 2.05) is 57.6 Å². The van der Waals surface area contributed by atoms with Crippen molar-refractivity contribution in [3.05, 3.63) is 42.0 Å². The van der Waals surface area contributed by atoms with Gasteiger partial charge in [0.25, 0.3) is 0 Å². The van der Waals surface area contributed by atoms with Gasteiger partial charge in [-0.25, -0.2) is 0 Å². The maximum absolute atomic E-state index is 11.9. The van der Waals surface area contributed by atoms with Gasteiger partial charge in [0, 0.05) is 12.5 Å². The second kappa shape index (κ2) is 7.07. The number of nitrogens with two attached hydrogens (primary N) is 1. The normalized spacial score (nSPS) is 13.5. The minimum Gasteiger partial charge on any atom is -0.330 e. The van der Waals surface area contributed by atoms with Crippen molar-refractivity contribution in [2.75, 3.05) is 27.7 Å². The summed E-state index contributed by atoms with van der Waals surface area (Å²) in [6.45, 7) is 0.558. The minimum absolute atomic E-state index is 0.0259. The molecule has 1 unspecified atom stereocenters. The highest BCUT2D eigenvalue weighted by molar-refractivity contribution is 5.91. The van der Waals surface area contributed by atoms with Crippen molar-refractivity contribution in [3.63, 3.8) is 0 Å². The van der Waals surface area contributed by atoms with E-state index in [1.54, 1.807) is 6.08 Å². The Morgan fingerprint density at radius 2 is 1.95 bits per heavy atom. The van der Waals surface area contributed by atoms with Gasteiger partial charge in [-0.15, -0.1) is 0 Å². The Labute approximate surface area is 115 Å². The third-order valence-electron chi connectivity index (χ3n) is 2.91. The summed E-state index contributed by atoms with van der Waals surface area (Å²) in [7, 11) is 6.13. The van der Waals surface area contributed by atoms with Gasteiger partial charge in [0.2, 0.25) is 5.91 Å². The summed E-state index contributed by atoms with van der Waals surface area (Å²) in [5, 5.41) is 2.99. The van der Waals surface area contributed by atoms with Gasteiger partial charge in [-0.05, 0) is 18.2 Å². The zero-order valence-electron chi connectivity index (χ0n) is 12.0. The van der Waals surface area contributed by atoms with E-state index in [0.29, 0.717) is 11.0 Å². The molecular formula is C15H24N3O+. The van der Waals surface area contributed by atoms with Crippen LogP contribution in [0, 0.1) is 0 Å². The van der Waals surface area contributed by atoms with E-state index in [1.165, 1.54) is 0 Å². The highest BCUT2D eigenvalue weighted by Crippen LogP contribution is 2.04. The molecule has 19 heavy (non-hydrogen) atoms. The first-order valence-corrected chi connectivity index (χ1v) is 6.48. The van der Waals surface area contributed by atoms with E-state index >= 15 is 0 Å². The molecule has 0 aliphatic rings. The van der Waals surface area contributed by atoms with Crippen LogP contribution < -0.4 is 11.1 Å². The second-order valence-corrected chi connectivity index (χ2v) is 5.46. The molecular weight excluding hydrogens is 238 g/mol. The van der Waals surface area contributed by atoms with Gasteiger partial charge in [0.05, 0.1) is 21.1 Å². The van der Waals surface area contributed by atoms with Crippen LogP contribution in [0.3, 0.4) is 0 Å². The summed E-state index contributed by atoms with van der Waals surface area (Å²) < 4.78 is 0.655. The zero-order valence-corrected chi connectivity index (χ0v) is 12.0. The van der Waals surface area contributed by atoms with E-state index in [2.05, 4.69) is 5.32 Å². The smallest absolute Gasteiger partial charge is 0.248 e. The number of quaternary nitrogens is 1. The number of rotatable bonds is 6. The van der Waals surface area contributed by atoms with Crippen molar-refractivity contribution in [1.82, 2.24) is 5.32 Å². The molecule has 1 aromatic carbocycles. The summed E-state index contributed by atoms with van der Waals surface area (Å²) in [4.78, 5) is 11.9. The lowest BCUT2D eigenvalue weighted by molar-refractivity contribution is -0.898. The molecule has 0 aromatic heterocycles. The van der Waals surface area contributed by atoms with Gasteiger partial charge in [-0.1, -0.05) is 30.3 Å². The van der Waals surface area contributed by atoms with Crippen LogP contribution in [-0.2, 0) is 4.79 Å². The molecule has 4 nitrogen and oxygen atoms in total. The molecule has 0 aliphatic heterocycles. The van der Waals surface area contributed by atoms with Gasteiger partial charge in [-0.2, -0.15) is 0 Å². The molecule has 0 heterocycles. The Balaban J connectivity index is 2.61. The number of amides is 1. The molecule has 0 radical (unpaired) electrons. The Hall–Kier alpha value is -1.65. The van der Waals surface area contributed by atoms with Gasteiger partial charge >= 0.3 is 0 Å². The Kier molecular flexibility index (Phi) is 5.73. The van der Waals surface area contributed by atoms with Crippen LogP contribution in [0.1, 0.15) is 12.0 Å². The summed E-state index contributed by atoms with van der Waals surface area (Å²) in [5.41, 5.74) is 6.60. The number of nitrogens with zero attached hydrogens (tertiary/aromatic N) is 1. The first-order valence-electron chi connectivity index (χ1n) is 6.48. The van der Waals surface area contributed by atoms with Crippen LogP contribution in [-0.4, -0.2) is 44.2 Å². The molecule has 1 amide bonds. The fraction of sp³-hybridized carbons (Fsp3) is 0.400. The molecule has 1 aromatic rings. The van der Waals surface area contributed by atoms with E-state index in [-0.39, 0.29) is 12.1 Å². The molecule has 1 atom stereocenters. The molecule has 1 rings (SSSR count). The molecule has 0 bridgehead atoms. The third kappa shape index (κ3) is 5.68. The molecule has 0 saturated heterocycles. The molecule has 0 aliphatic carbocycles. The Morgan fingerprint density at radius 1 is 1.32 bits per heavy atom. The number of nitrogens with one attached hydrogen (secondary N) is 1. The fourth-order valence-corrected chi connectivity index (χ4v) is 1.76. The van der Waals surface area contributed by atoms with Crippen LogP contribution in [0.25, 0.3) is 6.08 Å². The summed E-state index contributed by atoms with van der Waals surface area (Å²) in [6.07, 6.45) is 4.16. The molecule has 0 spiro atoms. The Morgan fingerprint density at radius 3 is 2.47 bits per heavy atom. The molecule has 4 heteroatoms. The van der Waals surface area contributed by atoms with Gasteiger partial charge < -0.3 is 15.5 Å². The lowest BCUT2D eigenvalue weighted by atomic mass is 10.2. The molecule has 0 saturated carbocycles. The zero-order chi connectivity index (χ0) is 14.3. The van der Waals surface area contributed by atoms with E-state index in [4.69, 9.17) is 5.73 Å². The maximum Gasteiger partial charge on any atom is 0.248 e. The fourth-order valence-electron chi connectivity index (χ4n) is 1.76. The lowest BCUT2D eigenvalue weighted by Crippen LogP contribution is -2.55. The number of carbonyl (C=O) groups is 1. The summed E-state index contributed by atoms with van der Waals surface area (Å²) >= 11 is 0. The van der Waals surface area contributed by atoms with Crippen LogP contribution in [0.2, 0.25) is 0 Å². The van der Waals surface area contributed by atoms with Crippen LogP contribution in [0.4, 0.5) is 0 Å². The number of hydrogen-bond acceptors (Lipinski definition) is 2. The molecule has 0 fully saturated rings. The van der Waals surface area contributed by atoms with Gasteiger partial charge in [0.1, 0.15) is 0 Å². The largest absolute Gasteiger partial charge is 0.330 e. The number of benzene rings is 1. The monoisotopic (exact) mass is 262 g/mol. The topological polar surface area (TPSA) is 55.1 Å². The van der Waals surface area contributed by atoms with Crippen molar-refractivity contribution in [2.24, 2.45) is 5.73 Å². The third-order valence-corrected chi connectivity index (χ3v) is 2.91. The van der Waals surface area contributed by atoms with Crippen molar-refractivity contribution >= 4 is 12.0 Å². The van der Waals surface area contributed by atoms with Gasteiger partial charge in [0.15, 0.2) is 6.17 Å². The predicted octanol–water partition coefficient (Wildman–Crippen LogP) is 1.20. The SMILES string of the molecule is C[N+](C)(C)C(CCN)NC(=O)C=Cc1ccccc1. The van der Waals surface area contributed by atoms with Crippen LogP contribution in [0.15, 0.2) is 36.4 Å².